The van der Waals surface area contributed by atoms with E-state index in [0.717, 1.165) is 43.6 Å². The Kier molecular flexibility index (Phi) is 5.08. The van der Waals surface area contributed by atoms with Gasteiger partial charge in [-0.25, -0.2) is 4.39 Å². The fourth-order valence-corrected chi connectivity index (χ4v) is 3.13. The molecule has 1 aliphatic heterocycles. The lowest BCUT2D eigenvalue weighted by molar-refractivity contribution is 0.0359. The van der Waals surface area contributed by atoms with Crippen molar-refractivity contribution in [2.45, 2.75) is 6.54 Å². The number of amides is 1. The number of halogens is 1. The molecule has 1 saturated heterocycles. The molecule has 3 aromatic rings. The molecule has 8 heteroatoms. The van der Waals surface area contributed by atoms with Crippen LogP contribution < -0.4 is 5.32 Å². The van der Waals surface area contributed by atoms with E-state index in [0.29, 0.717) is 12.2 Å². The van der Waals surface area contributed by atoms with Gasteiger partial charge in [0.25, 0.3) is 5.91 Å². The number of fused-ring (bicyclic) bond motifs is 1. The van der Waals surface area contributed by atoms with Crippen LogP contribution in [0.15, 0.2) is 42.6 Å². The fraction of sp³-hybridized carbons (Fsp3) is 0.316. The molecule has 0 saturated carbocycles. The van der Waals surface area contributed by atoms with Gasteiger partial charge >= 0.3 is 0 Å². The molecule has 1 fully saturated rings. The van der Waals surface area contributed by atoms with Gasteiger partial charge in [-0.05, 0) is 29.7 Å². The summed E-state index contributed by atoms with van der Waals surface area (Å²) in [6.45, 7) is 4.81. The number of carbonyl (C=O) groups excluding carboxylic acids is 1. The lowest BCUT2D eigenvalue weighted by Crippen LogP contribution is -2.38. The predicted molar refractivity (Wildman–Crippen MR) is 99.1 cm³/mol. The van der Waals surface area contributed by atoms with Gasteiger partial charge in [-0.15, -0.1) is 5.10 Å². The molecule has 0 aliphatic carbocycles. The number of morpholine rings is 1. The highest BCUT2D eigenvalue weighted by molar-refractivity contribution is 6.08. The monoisotopic (exact) mass is 369 g/mol. The maximum Gasteiger partial charge on any atom is 0.277 e. The zero-order chi connectivity index (χ0) is 18.6. The standard InChI is InChI=1S/C19H20FN5O2/c20-15-4-5-16-14(12-15)2-1-3-17(16)21-19(26)18-13-25(23-22-18)7-6-24-8-10-27-11-9-24/h1-5,12-13H,6-11H2,(H,21,26). The van der Waals surface area contributed by atoms with Gasteiger partial charge in [-0.3, -0.25) is 14.4 Å². The van der Waals surface area contributed by atoms with Crippen LogP contribution in [0.4, 0.5) is 10.1 Å². The van der Waals surface area contributed by atoms with Crippen LogP contribution in [0.25, 0.3) is 10.8 Å². The molecule has 0 atom stereocenters. The lowest BCUT2D eigenvalue weighted by Gasteiger charge is -2.26. The van der Waals surface area contributed by atoms with Gasteiger partial charge in [0.15, 0.2) is 5.69 Å². The SMILES string of the molecule is O=C(Nc1cccc2cc(F)ccc12)c1cn(CCN2CCOCC2)nn1. The minimum Gasteiger partial charge on any atom is -0.379 e. The zero-order valence-electron chi connectivity index (χ0n) is 14.8. The molecule has 1 aromatic heterocycles. The molecule has 4 rings (SSSR count). The van der Waals surface area contributed by atoms with Gasteiger partial charge in [-0.1, -0.05) is 17.3 Å². The van der Waals surface area contributed by atoms with Gasteiger partial charge in [0.05, 0.1) is 26.0 Å². The van der Waals surface area contributed by atoms with Gasteiger partial charge < -0.3 is 10.1 Å². The Morgan fingerprint density at radius 2 is 2.04 bits per heavy atom. The number of carbonyl (C=O) groups is 1. The Bertz CT molecular complexity index is 952. The minimum absolute atomic E-state index is 0.246. The van der Waals surface area contributed by atoms with Crippen LogP contribution in [-0.2, 0) is 11.3 Å². The van der Waals surface area contributed by atoms with Crippen molar-refractivity contribution < 1.29 is 13.9 Å². The van der Waals surface area contributed by atoms with Gasteiger partial charge in [0.2, 0.25) is 0 Å². The van der Waals surface area contributed by atoms with Crippen LogP contribution in [0, 0.1) is 5.82 Å². The van der Waals surface area contributed by atoms with Crippen LogP contribution in [0.2, 0.25) is 0 Å². The third-order valence-electron chi connectivity index (χ3n) is 4.61. The second kappa shape index (κ2) is 7.81. The highest BCUT2D eigenvalue weighted by Crippen LogP contribution is 2.24. The maximum atomic E-state index is 13.4. The molecule has 0 spiro atoms. The van der Waals surface area contributed by atoms with E-state index in [-0.39, 0.29) is 17.4 Å². The third-order valence-corrected chi connectivity index (χ3v) is 4.61. The number of hydrogen-bond acceptors (Lipinski definition) is 5. The number of ether oxygens (including phenoxy) is 1. The van der Waals surface area contributed by atoms with Crippen molar-refractivity contribution in [2.24, 2.45) is 0 Å². The van der Waals surface area contributed by atoms with Gasteiger partial charge in [-0.2, -0.15) is 0 Å². The van der Waals surface area contributed by atoms with Crippen LogP contribution in [-0.4, -0.2) is 58.6 Å². The molecule has 1 aliphatic rings. The summed E-state index contributed by atoms with van der Waals surface area (Å²) in [6.07, 6.45) is 1.64. The third kappa shape index (κ3) is 4.12. The topological polar surface area (TPSA) is 72.3 Å². The van der Waals surface area contributed by atoms with E-state index in [1.165, 1.54) is 12.1 Å². The molecule has 1 N–H and O–H groups in total. The highest BCUT2D eigenvalue weighted by atomic mass is 19.1. The second-order valence-electron chi connectivity index (χ2n) is 6.45. The Morgan fingerprint density at radius 3 is 2.89 bits per heavy atom. The lowest BCUT2D eigenvalue weighted by atomic mass is 10.1. The van der Waals surface area contributed by atoms with E-state index in [1.807, 2.05) is 0 Å². The van der Waals surface area contributed by atoms with Crippen LogP contribution >= 0.6 is 0 Å². The predicted octanol–water partition coefficient (Wildman–Crippen LogP) is 2.15. The Balaban J connectivity index is 1.42. The Hall–Kier alpha value is -2.84. The molecule has 2 heterocycles. The summed E-state index contributed by atoms with van der Waals surface area (Å²) in [5, 5.41) is 12.3. The number of nitrogens with one attached hydrogen (secondary N) is 1. The first-order valence-corrected chi connectivity index (χ1v) is 8.89. The molecule has 0 unspecified atom stereocenters. The first-order chi connectivity index (χ1) is 13.2. The molecule has 27 heavy (non-hydrogen) atoms. The summed E-state index contributed by atoms with van der Waals surface area (Å²) < 4.78 is 20.4. The highest BCUT2D eigenvalue weighted by Gasteiger charge is 2.14. The normalized spacial score (nSPS) is 15.1. The Morgan fingerprint density at radius 1 is 1.19 bits per heavy atom. The van der Waals surface area contributed by atoms with Gasteiger partial charge in [0.1, 0.15) is 5.82 Å². The minimum atomic E-state index is -0.343. The maximum absolute atomic E-state index is 13.4. The summed E-state index contributed by atoms with van der Waals surface area (Å²) >= 11 is 0. The first-order valence-electron chi connectivity index (χ1n) is 8.89. The molecule has 7 nitrogen and oxygen atoms in total. The second-order valence-corrected chi connectivity index (χ2v) is 6.45. The number of nitrogens with zero attached hydrogens (tertiary/aromatic N) is 4. The van der Waals surface area contributed by atoms with Crippen molar-refractivity contribution in [3.05, 3.63) is 54.1 Å². The van der Waals surface area contributed by atoms with E-state index >= 15 is 0 Å². The number of anilines is 1. The average molecular weight is 369 g/mol. The summed E-state index contributed by atoms with van der Waals surface area (Å²) in [5.74, 6) is -0.654. The van der Waals surface area contributed by atoms with Gasteiger partial charge in [0, 0.05) is 30.7 Å². The zero-order valence-corrected chi connectivity index (χ0v) is 14.8. The fourth-order valence-electron chi connectivity index (χ4n) is 3.13. The van der Waals surface area contributed by atoms with Crippen LogP contribution in [0.1, 0.15) is 10.5 Å². The van der Waals surface area contributed by atoms with Crippen LogP contribution in [0.5, 0.6) is 0 Å². The summed E-state index contributed by atoms with van der Waals surface area (Å²) in [4.78, 5) is 14.8. The van der Waals surface area contributed by atoms with Crippen molar-refractivity contribution in [3.8, 4) is 0 Å². The molecule has 0 bridgehead atoms. The average Bonchev–Trinajstić information content (AvgIpc) is 3.16. The first kappa shape index (κ1) is 17.6. The van der Waals surface area contributed by atoms with E-state index in [1.54, 1.807) is 35.1 Å². The Labute approximate surface area is 155 Å². The molecule has 140 valence electrons. The molecule has 2 aromatic carbocycles. The number of benzene rings is 2. The number of rotatable bonds is 5. The molecule has 1 amide bonds. The summed E-state index contributed by atoms with van der Waals surface area (Å²) in [5.41, 5.74) is 0.858. The molecular weight excluding hydrogens is 349 g/mol. The number of hydrogen-bond donors (Lipinski definition) is 1. The van der Waals surface area contributed by atoms with Crippen molar-refractivity contribution in [3.63, 3.8) is 0 Å². The van der Waals surface area contributed by atoms with Crippen LogP contribution in [0.3, 0.4) is 0 Å². The van der Waals surface area contributed by atoms with Crippen molar-refractivity contribution in [2.75, 3.05) is 38.2 Å². The van der Waals surface area contributed by atoms with Crippen molar-refractivity contribution in [1.82, 2.24) is 19.9 Å². The smallest absolute Gasteiger partial charge is 0.277 e. The van der Waals surface area contributed by atoms with E-state index < -0.39 is 0 Å². The number of aromatic nitrogens is 3. The van der Waals surface area contributed by atoms with E-state index in [2.05, 4.69) is 20.5 Å². The van der Waals surface area contributed by atoms with E-state index in [9.17, 15) is 9.18 Å². The molecule has 0 radical (unpaired) electrons. The summed E-state index contributed by atoms with van der Waals surface area (Å²) in [6, 6.07) is 9.82. The van der Waals surface area contributed by atoms with Crippen molar-refractivity contribution in [1.29, 1.82) is 0 Å². The van der Waals surface area contributed by atoms with Crippen molar-refractivity contribution >= 4 is 22.4 Å². The molecular formula is C19H20FN5O2. The largest absolute Gasteiger partial charge is 0.379 e. The van der Waals surface area contributed by atoms with E-state index in [4.69, 9.17) is 4.74 Å². The summed E-state index contributed by atoms with van der Waals surface area (Å²) in [7, 11) is 0. The quantitative estimate of drug-likeness (QED) is 0.746.